The third-order valence-electron chi connectivity index (χ3n) is 4.10. The van der Waals surface area contributed by atoms with Gasteiger partial charge in [-0.25, -0.2) is 13.2 Å². The first kappa shape index (κ1) is 17.3. The Labute approximate surface area is 131 Å². The number of piperidine rings is 1. The monoisotopic (exact) mass is 329 g/mol. The molecule has 7 heteroatoms. The van der Waals surface area contributed by atoms with Gasteiger partial charge >= 0.3 is 5.97 Å². The quantitative estimate of drug-likeness (QED) is 0.845. The van der Waals surface area contributed by atoms with Crippen molar-refractivity contribution in [3.8, 4) is 0 Å². The molecular weight excluding hydrogens is 311 g/mol. The maximum absolute atomic E-state index is 13.7. The van der Waals surface area contributed by atoms with Crippen LogP contribution in [0.15, 0.2) is 12.1 Å². The lowest BCUT2D eigenvalue weighted by atomic mass is 9.97. The zero-order chi connectivity index (χ0) is 17.0. The minimum absolute atomic E-state index is 0.0476. The topological polar surface area (TPSA) is 57.6 Å². The Bertz CT molecular complexity index is 606. The molecule has 126 valence electrons. The number of carbonyl (C=O) groups is 2. The van der Waals surface area contributed by atoms with E-state index in [1.165, 1.54) is 4.90 Å². The zero-order valence-electron chi connectivity index (χ0n) is 12.5. The lowest BCUT2D eigenvalue weighted by Gasteiger charge is -2.35. The summed E-state index contributed by atoms with van der Waals surface area (Å²) in [5.74, 6) is -5.57. The average Bonchev–Trinajstić information content (AvgIpc) is 2.53. The van der Waals surface area contributed by atoms with Gasteiger partial charge in [0.2, 0.25) is 5.91 Å². The Morgan fingerprint density at radius 2 is 1.91 bits per heavy atom. The first-order valence-electron chi connectivity index (χ1n) is 7.53. The molecule has 0 spiro atoms. The second kappa shape index (κ2) is 7.48. The SMILES string of the molecule is O=C(O)CCC1CCCCN1C(=O)Cc1ccc(F)c(F)c1F. The van der Waals surface area contributed by atoms with Crippen LogP contribution in [0, 0.1) is 17.5 Å². The van der Waals surface area contributed by atoms with E-state index in [1.54, 1.807) is 0 Å². The standard InChI is InChI=1S/C16H18F3NO3/c17-12-6-4-10(15(18)16(12)19)9-13(21)20-8-2-1-3-11(20)5-7-14(22)23/h4,6,11H,1-3,5,7-9H2,(H,22,23). The molecule has 0 aromatic heterocycles. The molecule has 1 saturated heterocycles. The molecular formula is C16H18F3NO3. The zero-order valence-corrected chi connectivity index (χ0v) is 12.5. The fraction of sp³-hybridized carbons (Fsp3) is 0.500. The van der Waals surface area contributed by atoms with Crippen molar-refractivity contribution >= 4 is 11.9 Å². The van der Waals surface area contributed by atoms with Crippen LogP contribution in [0.3, 0.4) is 0 Å². The predicted molar refractivity (Wildman–Crippen MR) is 76.2 cm³/mol. The Hall–Kier alpha value is -2.05. The number of halogens is 3. The summed E-state index contributed by atoms with van der Waals surface area (Å²) in [6.07, 6.45) is 2.30. The van der Waals surface area contributed by atoms with E-state index >= 15 is 0 Å². The van der Waals surface area contributed by atoms with Gasteiger partial charge in [0.05, 0.1) is 6.42 Å². The van der Waals surface area contributed by atoms with E-state index in [0.717, 1.165) is 25.0 Å². The van der Waals surface area contributed by atoms with Crippen LogP contribution < -0.4 is 0 Å². The van der Waals surface area contributed by atoms with Crippen molar-refractivity contribution < 1.29 is 27.9 Å². The fourth-order valence-corrected chi connectivity index (χ4v) is 2.89. The highest BCUT2D eigenvalue weighted by atomic mass is 19.2. The van der Waals surface area contributed by atoms with Crippen LogP contribution in [0.2, 0.25) is 0 Å². The molecule has 2 rings (SSSR count). The number of carboxylic acid groups (broad SMARTS) is 1. The van der Waals surface area contributed by atoms with E-state index in [2.05, 4.69) is 0 Å². The van der Waals surface area contributed by atoms with Crippen LogP contribution in [0.5, 0.6) is 0 Å². The lowest BCUT2D eigenvalue weighted by Crippen LogP contribution is -2.44. The molecule has 1 aromatic rings. The molecule has 1 unspecified atom stereocenters. The Balaban J connectivity index is 2.08. The lowest BCUT2D eigenvalue weighted by molar-refractivity contribution is -0.139. The van der Waals surface area contributed by atoms with Gasteiger partial charge in [-0.2, -0.15) is 0 Å². The normalized spacial score (nSPS) is 18.0. The molecule has 0 radical (unpaired) electrons. The first-order chi connectivity index (χ1) is 10.9. The summed E-state index contributed by atoms with van der Waals surface area (Å²) in [5, 5.41) is 8.77. The van der Waals surface area contributed by atoms with E-state index in [1.807, 2.05) is 0 Å². The third kappa shape index (κ3) is 4.24. The summed E-state index contributed by atoms with van der Waals surface area (Å²) in [5.41, 5.74) is -0.198. The number of aliphatic carboxylic acids is 1. The van der Waals surface area contributed by atoms with Crippen LogP contribution in [0.25, 0.3) is 0 Å². The average molecular weight is 329 g/mol. The van der Waals surface area contributed by atoms with Crippen LogP contribution >= 0.6 is 0 Å². The van der Waals surface area contributed by atoms with Crippen molar-refractivity contribution in [2.24, 2.45) is 0 Å². The first-order valence-corrected chi connectivity index (χ1v) is 7.53. The Morgan fingerprint density at radius 3 is 2.61 bits per heavy atom. The van der Waals surface area contributed by atoms with Gasteiger partial charge in [-0.1, -0.05) is 6.07 Å². The van der Waals surface area contributed by atoms with Crippen molar-refractivity contribution in [3.05, 3.63) is 35.1 Å². The highest BCUT2D eigenvalue weighted by molar-refractivity contribution is 5.79. The number of amides is 1. The van der Waals surface area contributed by atoms with Crippen molar-refractivity contribution in [2.45, 2.75) is 44.6 Å². The molecule has 4 nitrogen and oxygen atoms in total. The van der Waals surface area contributed by atoms with Crippen LogP contribution in [-0.2, 0) is 16.0 Å². The van der Waals surface area contributed by atoms with Crippen molar-refractivity contribution in [1.82, 2.24) is 4.90 Å². The summed E-state index contributed by atoms with van der Waals surface area (Å²) in [6, 6.07) is 1.64. The number of likely N-dealkylation sites (tertiary alicyclic amines) is 1. The second-order valence-corrected chi connectivity index (χ2v) is 5.68. The summed E-state index contributed by atoms with van der Waals surface area (Å²) in [4.78, 5) is 24.6. The number of hydrogen-bond acceptors (Lipinski definition) is 2. The predicted octanol–water partition coefficient (Wildman–Crippen LogP) is 2.89. The van der Waals surface area contributed by atoms with E-state index in [-0.39, 0.29) is 24.4 Å². The molecule has 1 aliphatic rings. The number of hydrogen-bond donors (Lipinski definition) is 1. The van der Waals surface area contributed by atoms with Crippen molar-refractivity contribution in [2.75, 3.05) is 6.54 Å². The van der Waals surface area contributed by atoms with Crippen LogP contribution in [0.1, 0.15) is 37.7 Å². The van der Waals surface area contributed by atoms with E-state index in [0.29, 0.717) is 19.4 Å². The van der Waals surface area contributed by atoms with Gasteiger partial charge in [0.1, 0.15) is 0 Å². The van der Waals surface area contributed by atoms with Gasteiger partial charge < -0.3 is 10.0 Å². The van der Waals surface area contributed by atoms with Gasteiger partial charge in [-0.15, -0.1) is 0 Å². The number of nitrogens with zero attached hydrogens (tertiary/aromatic N) is 1. The van der Waals surface area contributed by atoms with Gasteiger partial charge in [0, 0.05) is 24.6 Å². The highest BCUT2D eigenvalue weighted by Crippen LogP contribution is 2.23. The number of rotatable bonds is 5. The summed E-state index contributed by atoms with van der Waals surface area (Å²) in [6.45, 7) is 0.467. The smallest absolute Gasteiger partial charge is 0.303 e. The molecule has 1 fully saturated rings. The van der Waals surface area contributed by atoms with E-state index < -0.39 is 29.3 Å². The molecule has 1 aliphatic heterocycles. The molecule has 0 bridgehead atoms. The number of carbonyl (C=O) groups excluding carboxylic acids is 1. The molecule has 0 saturated carbocycles. The maximum Gasteiger partial charge on any atom is 0.303 e. The number of carboxylic acids is 1. The van der Waals surface area contributed by atoms with Crippen LogP contribution in [-0.4, -0.2) is 34.5 Å². The molecule has 1 N–H and O–H groups in total. The maximum atomic E-state index is 13.7. The second-order valence-electron chi connectivity index (χ2n) is 5.68. The van der Waals surface area contributed by atoms with Gasteiger partial charge in [-0.3, -0.25) is 9.59 Å². The van der Waals surface area contributed by atoms with Gasteiger partial charge in [-0.05, 0) is 31.7 Å². The largest absolute Gasteiger partial charge is 0.481 e. The molecule has 0 aliphatic carbocycles. The summed E-state index contributed by atoms with van der Waals surface area (Å²) >= 11 is 0. The fourth-order valence-electron chi connectivity index (χ4n) is 2.89. The molecule has 1 aromatic carbocycles. The Kier molecular flexibility index (Phi) is 5.63. The third-order valence-corrected chi connectivity index (χ3v) is 4.10. The van der Waals surface area contributed by atoms with E-state index in [9.17, 15) is 22.8 Å². The molecule has 1 heterocycles. The van der Waals surface area contributed by atoms with Crippen molar-refractivity contribution in [1.29, 1.82) is 0 Å². The summed E-state index contributed by atoms with van der Waals surface area (Å²) in [7, 11) is 0. The minimum atomic E-state index is -1.59. The van der Waals surface area contributed by atoms with E-state index in [4.69, 9.17) is 5.11 Å². The summed E-state index contributed by atoms with van der Waals surface area (Å²) < 4.78 is 39.8. The molecule has 1 amide bonds. The molecule has 23 heavy (non-hydrogen) atoms. The van der Waals surface area contributed by atoms with Crippen molar-refractivity contribution in [3.63, 3.8) is 0 Å². The van der Waals surface area contributed by atoms with Gasteiger partial charge in [0.15, 0.2) is 17.5 Å². The van der Waals surface area contributed by atoms with Crippen LogP contribution in [0.4, 0.5) is 13.2 Å². The minimum Gasteiger partial charge on any atom is -0.481 e. The highest BCUT2D eigenvalue weighted by Gasteiger charge is 2.28. The number of benzene rings is 1. The molecule has 1 atom stereocenters. The van der Waals surface area contributed by atoms with Gasteiger partial charge in [0.25, 0.3) is 0 Å². The Morgan fingerprint density at radius 1 is 1.17 bits per heavy atom.